The first-order valence-corrected chi connectivity index (χ1v) is 8.60. The molecule has 26 heavy (non-hydrogen) atoms. The number of carbonyl (C=O) groups is 2. The van der Waals surface area contributed by atoms with Gasteiger partial charge in [-0.15, -0.1) is 11.3 Å². The second-order valence-corrected chi connectivity index (χ2v) is 6.60. The van der Waals surface area contributed by atoms with Crippen LogP contribution in [0.2, 0.25) is 5.02 Å². The van der Waals surface area contributed by atoms with Crippen molar-refractivity contribution < 1.29 is 23.5 Å². The van der Waals surface area contributed by atoms with Crippen LogP contribution in [0.5, 0.6) is 0 Å². The van der Waals surface area contributed by atoms with Crippen molar-refractivity contribution in [3.05, 3.63) is 75.6 Å². The van der Waals surface area contributed by atoms with Gasteiger partial charge in [-0.2, -0.15) is 0 Å². The standard InChI is InChI=1S/C9H3Cl2FOS.C9H7FO2/c10-7-6-4(12)2-1-3-5(6)14-8(7)9(11)13;10-8-4-2-1-3-7(8)5-6-9(11)12/h1-3H;1-6H,(H,11,12). The molecule has 0 aliphatic rings. The zero-order valence-electron chi connectivity index (χ0n) is 12.9. The van der Waals surface area contributed by atoms with Crippen molar-refractivity contribution in [2.24, 2.45) is 0 Å². The van der Waals surface area contributed by atoms with Gasteiger partial charge >= 0.3 is 5.97 Å². The highest BCUT2D eigenvalue weighted by Crippen LogP contribution is 2.37. The smallest absolute Gasteiger partial charge is 0.328 e. The van der Waals surface area contributed by atoms with Crippen LogP contribution < -0.4 is 0 Å². The van der Waals surface area contributed by atoms with Crippen LogP contribution in [0.25, 0.3) is 16.2 Å². The molecule has 0 radical (unpaired) electrons. The molecule has 2 aromatic carbocycles. The van der Waals surface area contributed by atoms with Crippen LogP contribution >= 0.6 is 34.5 Å². The quantitative estimate of drug-likeness (QED) is 0.422. The number of hydrogen-bond donors (Lipinski definition) is 1. The highest BCUT2D eigenvalue weighted by Gasteiger charge is 2.17. The number of aliphatic carboxylic acids is 1. The number of carboxylic acids is 1. The third-order valence-electron chi connectivity index (χ3n) is 3.10. The van der Waals surface area contributed by atoms with Gasteiger partial charge in [0.05, 0.1) is 5.02 Å². The van der Waals surface area contributed by atoms with Crippen molar-refractivity contribution in [2.45, 2.75) is 0 Å². The Morgan fingerprint density at radius 2 is 1.69 bits per heavy atom. The van der Waals surface area contributed by atoms with E-state index in [-0.39, 0.29) is 20.8 Å². The lowest BCUT2D eigenvalue weighted by Gasteiger charge is -1.92. The van der Waals surface area contributed by atoms with Crippen molar-refractivity contribution in [1.29, 1.82) is 0 Å². The molecule has 3 rings (SSSR count). The van der Waals surface area contributed by atoms with Gasteiger partial charge in [0.2, 0.25) is 0 Å². The van der Waals surface area contributed by atoms with E-state index in [1.807, 2.05) is 0 Å². The fourth-order valence-electron chi connectivity index (χ4n) is 1.97. The molecular formula is C18H10Cl2F2O3S. The van der Waals surface area contributed by atoms with Crippen LogP contribution in [0, 0.1) is 11.6 Å². The number of benzene rings is 2. The number of fused-ring (bicyclic) bond motifs is 1. The summed E-state index contributed by atoms with van der Waals surface area (Å²) in [5.74, 6) is -1.94. The van der Waals surface area contributed by atoms with E-state index in [2.05, 4.69) is 0 Å². The molecule has 0 amide bonds. The number of thiophene rings is 1. The number of carboxylic acid groups (broad SMARTS) is 1. The SMILES string of the molecule is O=C(Cl)c1sc2cccc(F)c2c1Cl.O=C(O)C=Cc1ccccc1F. The molecule has 0 aliphatic carbocycles. The summed E-state index contributed by atoms with van der Waals surface area (Å²) >= 11 is 12.2. The molecular weight excluding hydrogens is 405 g/mol. The van der Waals surface area contributed by atoms with Gasteiger partial charge in [0.1, 0.15) is 16.5 Å². The maximum Gasteiger partial charge on any atom is 0.328 e. The molecule has 0 saturated heterocycles. The van der Waals surface area contributed by atoms with Crippen LogP contribution in [-0.4, -0.2) is 16.3 Å². The van der Waals surface area contributed by atoms with E-state index in [4.69, 9.17) is 28.3 Å². The Hall–Kier alpha value is -2.28. The summed E-state index contributed by atoms with van der Waals surface area (Å²) < 4.78 is 26.7. The summed E-state index contributed by atoms with van der Waals surface area (Å²) in [4.78, 5) is 21.2. The van der Waals surface area contributed by atoms with E-state index in [0.717, 1.165) is 17.4 Å². The van der Waals surface area contributed by atoms with Gasteiger partial charge in [0.25, 0.3) is 5.24 Å². The number of hydrogen-bond acceptors (Lipinski definition) is 3. The lowest BCUT2D eigenvalue weighted by atomic mass is 10.2. The average Bonchev–Trinajstić information content (AvgIpc) is 2.93. The van der Waals surface area contributed by atoms with Crippen LogP contribution in [-0.2, 0) is 4.79 Å². The molecule has 0 fully saturated rings. The predicted molar refractivity (Wildman–Crippen MR) is 100 cm³/mol. The maximum atomic E-state index is 13.3. The lowest BCUT2D eigenvalue weighted by molar-refractivity contribution is -0.131. The van der Waals surface area contributed by atoms with Crippen molar-refractivity contribution in [3.63, 3.8) is 0 Å². The molecule has 134 valence electrons. The Morgan fingerprint density at radius 1 is 1.04 bits per heavy atom. The molecule has 0 bridgehead atoms. The minimum Gasteiger partial charge on any atom is -0.478 e. The van der Waals surface area contributed by atoms with Crippen molar-refractivity contribution in [3.8, 4) is 0 Å². The molecule has 0 atom stereocenters. The maximum absolute atomic E-state index is 13.3. The Labute approximate surface area is 161 Å². The third-order valence-corrected chi connectivity index (χ3v) is 5.04. The van der Waals surface area contributed by atoms with Crippen molar-refractivity contribution in [2.75, 3.05) is 0 Å². The largest absolute Gasteiger partial charge is 0.478 e. The van der Waals surface area contributed by atoms with E-state index in [1.54, 1.807) is 24.3 Å². The normalized spacial score (nSPS) is 10.6. The zero-order chi connectivity index (χ0) is 19.3. The topological polar surface area (TPSA) is 54.4 Å². The first-order valence-electron chi connectivity index (χ1n) is 7.03. The second-order valence-electron chi connectivity index (χ2n) is 4.82. The van der Waals surface area contributed by atoms with Crippen LogP contribution in [0.4, 0.5) is 8.78 Å². The van der Waals surface area contributed by atoms with Gasteiger partial charge in [-0.05, 0) is 35.9 Å². The highest BCUT2D eigenvalue weighted by molar-refractivity contribution is 7.23. The van der Waals surface area contributed by atoms with E-state index in [1.165, 1.54) is 24.3 Å². The molecule has 8 heteroatoms. The monoisotopic (exact) mass is 414 g/mol. The van der Waals surface area contributed by atoms with E-state index >= 15 is 0 Å². The molecule has 1 N–H and O–H groups in total. The minimum absolute atomic E-state index is 0.100. The van der Waals surface area contributed by atoms with Crippen LogP contribution in [0.3, 0.4) is 0 Å². The molecule has 0 spiro atoms. The summed E-state index contributed by atoms with van der Waals surface area (Å²) in [5.41, 5.74) is 0.278. The lowest BCUT2D eigenvalue weighted by Crippen LogP contribution is -1.87. The summed E-state index contributed by atoms with van der Waals surface area (Å²) in [6.07, 6.45) is 2.12. The third kappa shape index (κ3) is 4.88. The van der Waals surface area contributed by atoms with Gasteiger partial charge in [-0.3, -0.25) is 4.79 Å². The number of carbonyl (C=O) groups excluding carboxylic acids is 1. The van der Waals surface area contributed by atoms with Crippen LogP contribution in [0.1, 0.15) is 15.2 Å². The van der Waals surface area contributed by atoms with Gasteiger partial charge in [-0.25, -0.2) is 13.6 Å². The molecule has 0 unspecified atom stereocenters. The fraction of sp³-hybridized carbons (Fsp3) is 0. The van der Waals surface area contributed by atoms with Crippen LogP contribution in [0.15, 0.2) is 48.5 Å². The van der Waals surface area contributed by atoms with Gasteiger partial charge < -0.3 is 5.11 Å². The minimum atomic E-state index is -1.08. The second kappa shape index (κ2) is 8.89. The number of halogens is 4. The zero-order valence-corrected chi connectivity index (χ0v) is 15.2. The van der Waals surface area contributed by atoms with E-state index < -0.39 is 22.8 Å². The molecule has 1 heterocycles. The summed E-state index contributed by atoms with van der Waals surface area (Å²) in [7, 11) is 0. The molecule has 3 aromatic rings. The molecule has 0 aliphatic heterocycles. The predicted octanol–water partition coefficient (Wildman–Crippen LogP) is 6.00. The Morgan fingerprint density at radius 3 is 2.27 bits per heavy atom. The highest BCUT2D eigenvalue weighted by atomic mass is 35.5. The molecule has 1 aromatic heterocycles. The van der Waals surface area contributed by atoms with Crippen molar-refractivity contribution in [1.82, 2.24) is 0 Å². The van der Waals surface area contributed by atoms with Gasteiger partial charge in [0.15, 0.2) is 0 Å². The molecule has 3 nitrogen and oxygen atoms in total. The van der Waals surface area contributed by atoms with Crippen molar-refractivity contribution >= 4 is 61.9 Å². The van der Waals surface area contributed by atoms with Gasteiger partial charge in [0, 0.05) is 21.7 Å². The Balaban J connectivity index is 0.000000190. The summed E-state index contributed by atoms with van der Waals surface area (Å²) in [6.45, 7) is 0. The number of rotatable bonds is 3. The fourth-order valence-corrected chi connectivity index (χ4v) is 3.62. The summed E-state index contributed by atoms with van der Waals surface area (Å²) in [5, 5.41) is 7.97. The van der Waals surface area contributed by atoms with E-state index in [9.17, 15) is 18.4 Å². The summed E-state index contributed by atoms with van der Waals surface area (Å²) in [6, 6.07) is 10.5. The Bertz CT molecular complexity index is 999. The van der Waals surface area contributed by atoms with Gasteiger partial charge in [-0.1, -0.05) is 35.9 Å². The molecule has 0 saturated carbocycles. The average molecular weight is 415 g/mol. The van der Waals surface area contributed by atoms with E-state index in [0.29, 0.717) is 4.70 Å². The first kappa shape index (κ1) is 20.0. The Kier molecular flexibility index (Phi) is 6.85. The first-order chi connectivity index (χ1) is 12.3.